The van der Waals surface area contributed by atoms with Crippen molar-refractivity contribution in [3.05, 3.63) is 29.6 Å². The zero-order chi connectivity index (χ0) is 12.3. The van der Waals surface area contributed by atoms with Crippen LogP contribution in [0.25, 0.3) is 0 Å². The van der Waals surface area contributed by atoms with Crippen molar-refractivity contribution in [3.63, 3.8) is 0 Å². The maximum atomic E-state index is 13.7. The largest absolute Gasteiger partial charge is 0.485 e. The van der Waals surface area contributed by atoms with Crippen LogP contribution in [-0.4, -0.2) is 25.5 Å². The van der Waals surface area contributed by atoms with E-state index in [1.54, 1.807) is 6.07 Å². The van der Waals surface area contributed by atoms with E-state index in [-0.39, 0.29) is 31.0 Å². The average Bonchev–Trinajstić information content (AvgIpc) is 2.33. The van der Waals surface area contributed by atoms with Crippen LogP contribution >= 0.6 is 0 Å². The van der Waals surface area contributed by atoms with Gasteiger partial charge in [-0.05, 0) is 18.6 Å². The molecule has 4 nitrogen and oxygen atoms in total. The number of rotatable bonds is 4. The van der Waals surface area contributed by atoms with Gasteiger partial charge >= 0.3 is 0 Å². The number of halogens is 1. The summed E-state index contributed by atoms with van der Waals surface area (Å²) in [5.74, 6) is -0.871. The minimum absolute atomic E-state index is 0.0673. The van der Waals surface area contributed by atoms with Crippen LogP contribution in [0.15, 0.2) is 18.2 Å². The van der Waals surface area contributed by atoms with Crippen molar-refractivity contribution in [2.45, 2.75) is 12.3 Å². The predicted molar refractivity (Wildman–Crippen MR) is 56.3 cm³/mol. The predicted octanol–water partition coefficient (Wildman–Crippen LogP) is 1.43. The van der Waals surface area contributed by atoms with Crippen molar-refractivity contribution >= 4 is 12.3 Å². The Morgan fingerprint density at radius 3 is 3.12 bits per heavy atom. The van der Waals surface area contributed by atoms with Gasteiger partial charge in [0.05, 0.1) is 12.5 Å². The number of carbonyl (C=O) groups excluding carboxylic acids is 2. The molecule has 0 spiro atoms. The topological polar surface area (TPSA) is 52.6 Å². The quantitative estimate of drug-likeness (QED) is 0.588. The fourth-order valence-electron chi connectivity index (χ4n) is 1.93. The summed E-state index contributed by atoms with van der Waals surface area (Å²) in [5.41, 5.74) is 0.262. The third-order valence-electron chi connectivity index (χ3n) is 2.71. The summed E-state index contributed by atoms with van der Waals surface area (Å²) in [7, 11) is 0. The normalized spacial score (nSPS) is 18.2. The van der Waals surface area contributed by atoms with Gasteiger partial charge in [0.1, 0.15) is 18.2 Å². The molecule has 90 valence electrons. The van der Waals surface area contributed by atoms with Gasteiger partial charge in [-0.25, -0.2) is 4.39 Å². The molecule has 1 aromatic carbocycles. The Bertz CT molecular complexity index is 444. The number of Topliss-reactive ketones (excluding diaryl/α,β-unsaturated/α-hetero) is 1. The highest BCUT2D eigenvalue weighted by Gasteiger charge is 2.31. The average molecular weight is 238 g/mol. The second-order valence-electron chi connectivity index (χ2n) is 3.71. The number of carbonyl (C=O) groups is 2. The van der Waals surface area contributed by atoms with E-state index >= 15 is 0 Å². The van der Waals surface area contributed by atoms with Crippen LogP contribution in [0.2, 0.25) is 0 Å². The van der Waals surface area contributed by atoms with Gasteiger partial charge in [-0.2, -0.15) is 0 Å². The Kier molecular flexibility index (Phi) is 3.37. The van der Waals surface area contributed by atoms with Crippen molar-refractivity contribution in [1.82, 2.24) is 0 Å². The van der Waals surface area contributed by atoms with Crippen LogP contribution in [0.1, 0.15) is 17.9 Å². The van der Waals surface area contributed by atoms with Gasteiger partial charge in [-0.15, -0.1) is 0 Å². The highest BCUT2D eigenvalue weighted by atomic mass is 19.1. The molecule has 1 unspecified atom stereocenters. The van der Waals surface area contributed by atoms with E-state index in [9.17, 15) is 14.0 Å². The van der Waals surface area contributed by atoms with Crippen molar-refractivity contribution in [2.75, 3.05) is 13.2 Å². The lowest BCUT2D eigenvalue weighted by molar-refractivity contribution is -0.130. The fraction of sp³-hybridized carbons (Fsp3) is 0.333. The Hall–Kier alpha value is -1.91. The molecule has 2 rings (SSSR count). The summed E-state index contributed by atoms with van der Waals surface area (Å²) in [5, 5.41) is 0. The number of fused-ring (bicyclic) bond motifs is 1. The van der Waals surface area contributed by atoms with E-state index in [1.807, 2.05) is 0 Å². The molecule has 0 aliphatic carbocycles. The molecule has 0 saturated carbocycles. The first-order valence-corrected chi connectivity index (χ1v) is 5.23. The van der Waals surface area contributed by atoms with Crippen LogP contribution in [0.3, 0.4) is 0 Å². The molecule has 1 atom stereocenters. The van der Waals surface area contributed by atoms with Crippen LogP contribution in [0.4, 0.5) is 4.39 Å². The van der Waals surface area contributed by atoms with Crippen LogP contribution in [-0.2, 0) is 14.3 Å². The number of ketones is 1. The number of ether oxygens (including phenoxy) is 2. The van der Waals surface area contributed by atoms with Gasteiger partial charge < -0.3 is 9.47 Å². The van der Waals surface area contributed by atoms with E-state index in [2.05, 4.69) is 4.74 Å². The molecule has 1 heterocycles. The number of hydrogen-bond acceptors (Lipinski definition) is 4. The Morgan fingerprint density at radius 2 is 2.35 bits per heavy atom. The summed E-state index contributed by atoms with van der Waals surface area (Å²) in [6.07, 6.45) is 0.273. The molecule has 17 heavy (non-hydrogen) atoms. The van der Waals surface area contributed by atoms with Gasteiger partial charge in [0, 0.05) is 5.56 Å². The Balaban J connectivity index is 2.26. The molecule has 0 saturated heterocycles. The van der Waals surface area contributed by atoms with Crippen LogP contribution in [0.5, 0.6) is 5.75 Å². The first-order valence-electron chi connectivity index (χ1n) is 5.23. The molecule has 0 fully saturated rings. The van der Waals surface area contributed by atoms with Gasteiger partial charge in [0.2, 0.25) is 0 Å². The van der Waals surface area contributed by atoms with Gasteiger partial charge in [-0.3, -0.25) is 9.59 Å². The molecular formula is C12H11FO4. The summed E-state index contributed by atoms with van der Waals surface area (Å²) in [6.45, 7) is 0.335. The molecule has 1 aliphatic heterocycles. The van der Waals surface area contributed by atoms with E-state index < -0.39 is 11.7 Å². The second kappa shape index (κ2) is 4.95. The third-order valence-corrected chi connectivity index (χ3v) is 2.71. The minimum atomic E-state index is -0.597. The lowest BCUT2D eigenvalue weighted by Gasteiger charge is -2.24. The van der Waals surface area contributed by atoms with Crippen LogP contribution < -0.4 is 4.74 Å². The van der Waals surface area contributed by atoms with Crippen LogP contribution in [0, 0.1) is 5.82 Å². The first kappa shape index (κ1) is 11.6. The molecule has 0 bridgehead atoms. The lowest BCUT2D eigenvalue weighted by atomic mass is 9.89. The van der Waals surface area contributed by atoms with Crippen molar-refractivity contribution < 1.29 is 23.5 Å². The third kappa shape index (κ3) is 2.27. The van der Waals surface area contributed by atoms with Gasteiger partial charge in [0.25, 0.3) is 6.47 Å². The zero-order valence-electron chi connectivity index (χ0n) is 9.02. The van der Waals surface area contributed by atoms with E-state index in [0.717, 1.165) is 0 Å². The van der Waals surface area contributed by atoms with Gasteiger partial charge in [-0.1, -0.05) is 6.07 Å². The highest BCUT2D eigenvalue weighted by molar-refractivity contribution is 5.89. The minimum Gasteiger partial charge on any atom is -0.485 e. The summed E-state index contributed by atoms with van der Waals surface area (Å²) in [4.78, 5) is 21.7. The Morgan fingerprint density at radius 1 is 1.53 bits per heavy atom. The molecule has 0 radical (unpaired) electrons. The standard InChI is InChI=1S/C12H11FO4/c13-9-2-1-3-11-12(9)8(4-5-16-7-14)10(15)6-17-11/h1-3,7-8H,4-6H2. The Labute approximate surface area is 97.3 Å². The number of hydrogen-bond donors (Lipinski definition) is 0. The molecular weight excluding hydrogens is 227 g/mol. The summed E-state index contributed by atoms with van der Waals surface area (Å²) >= 11 is 0. The fourth-order valence-corrected chi connectivity index (χ4v) is 1.93. The SMILES string of the molecule is O=COCCC1C(=O)COc2cccc(F)c21. The highest BCUT2D eigenvalue weighted by Crippen LogP contribution is 2.35. The summed E-state index contributed by atoms with van der Waals surface area (Å²) < 4.78 is 23.4. The molecule has 1 aliphatic rings. The molecule has 0 N–H and O–H groups in total. The number of benzene rings is 1. The molecule has 1 aromatic rings. The second-order valence-corrected chi connectivity index (χ2v) is 3.71. The van der Waals surface area contributed by atoms with Crippen molar-refractivity contribution in [2.24, 2.45) is 0 Å². The molecule has 5 heteroatoms. The summed E-state index contributed by atoms with van der Waals surface area (Å²) in [6, 6.07) is 4.44. The molecule has 0 aromatic heterocycles. The van der Waals surface area contributed by atoms with Gasteiger partial charge in [0.15, 0.2) is 5.78 Å². The van der Waals surface area contributed by atoms with E-state index in [4.69, 9.17) is 4.74 Å². The first-order chi connectivity index (χ1) is 8.24. The molecule has 0 amide bonds. The van der Waals surface area contributed by atoms with E-state index in [0.29, 0.717) is 12.2 Å². The maximum Gasteiger partial charge on any atom is 0.293 e. The van der Waals surface area contributed by atoms with E-state index in [1.165, 1.54) is 12.1 Å². The van der Waals surface area contributed by atoms with Crippen molar-refractivity contribution in [3.8, 4) is 5.75 Å². The monoisotopic (exact) mass is 238 g/mol. The van der Waals surface area contributed by atoms with Crippen molar-refractivity contribution in [1.29, 1.82) is 0 Å². The zero-order valence-corrected chi connectivity index (χ0v) is 9.02. The smallest absolute Gasteiger partial charge is 0.293 e. The lowest BCUT2D eigenvalue weighted by Crippen LogP contribution is -2.27. The maximum absolute atomic E-state index is 13.7.